The maximum Gasteiger partial charge on any atom is 0.127 e. The average molecular weight is 241 g/mol. The molecule has 2 heteroatoms. The summed E-state index contributed by atoms with van der Waals surface area (Å²) in [7, 11) is 0. The third kappa shape index (κ3) is 2.41. The molecule has 13 heavy (non-hydrogen) atoms. The van der Waals surface area contributed by atoms with Gasteiger partial charge in [-0.05, 0) is 17.5 Å². The first-order valence-electron chi connectivity index (χ1n) is 4.36. The molecule has 0 radical (unpaired) electrons. The van der Waals surface area contributed by atoms with E-state index in [1.54, 1.807) is 0 Å². The lowest BCUT2D eigenvalue weighted by Gasteiger charge is -2.15. The number of rotatable bonds is 3. The van der Waals surface area contributed by atoms with Gasteiger partial charge >= 0.3 is 0 Å². The van der Waals surface area contributed by atoms with Gasteiger partial charge in [0, 0.05) is 10.4 Å². The Bertz CT molecular complexity index is 294. The predicted molar refractivity (Wildman–Crippen MR) is 57.8 cm³/mol. The van der Waals surface area contributed by atoms with E-state index in [1.807, 2.05) is 24.3 Å². The molecule has 0 amide bonds. The van der Waals surface area contributed by atoms with Gasteiger partial charge in [-0.2, -0.15) is 0 Å². The first-order valence-corrected chi connectivity index (χ1v) is 5.16. The van der Waals surface area contributed by atoms with Crippen molar-refractivity contribution in [2.45, 2.75) is 19.8 Å². The van der Waals surface area contributed by atoms with Gasteiger partial charge in [-0.15, -0.1) is 0 Å². The number of hydrogen-bond acceptors (Lipinski definition) is 1. The Hall–Kier alpha value is -0.630. The summed E-state index contributed by atoms with van der Waals surface area (Å²) < 4.78 is 1.01. The van der Waals surface area contributed by atoms with Gasteiger partial charge < -0.3 is 4.79 Å². The molecule has 0 aliphatic heterocycles. The highest BCUT2D eigenvalue weighted by Crippen LogP contribution is 2.28. The highest BCUT2D eigenvalue weighted by molar-refractivity contribution is 9.10. The predicted octanol–water partition coefficient (Wildman–Crippen LogP) is 3.39. The van der Waals surface area contributed by atoms with Crippen molar-refractivity contribution in [3.05, 3.63) is 34.3 Å². The molecule has 0 spiro atoms. The van der Waals surface area contributed by atoms with E-state index in [-0.39, 0.29) is 5.92 Å². The summed E-state index contributed by atoms with van der Waals surface area (Å²) in [4.78, 5) is 10.9. The molecule has 1 rings (SSSR count). The largest absolute Gasteiger partial charge is 0.303 e. The van der Waals surface area contributed by atoms with Crippen LogP contribution in [-0.2, 0) is 4.79 Å². The van der Waals surface area contributed by atoms with Crippen molar-refractivity contribution >= 4 is 22.2 Å². The van der Waals surface area contributed by atoms with Gasteiger partial charge in [0.15, 0.2) is 0 Å². The fraction of sp³-hybridized carbons (Fsp3) is 0.364. The minimum Gasteiger partial charge on any atom is -0.303 e. The van der Waals surface area contributed by atoms with Gasteiger partial charge in [0.25, 0.3) is 0 Å². The van der Waals surface area contributed by atoms with Gasteiger partial charge in [0.1, 0.15) is 6.29 Å². The van der Waals surface area contributed by atoms with Crippen molar-refractivity contribution in [2.24, 2.45) is 5.92 Å². The zero-order chi connectivity index (χ0) is 9.84. The summed E-state index contributed by atoms with van der Waals surface area (Å²) in [6.07, 6.45) is 1.02. The van der Waals surface area contributed by atoms with Crippen molar-refractivity contribution in [1.29, 1.82) is 0 Å². The lowest BCUT2D eigenvalue weighted by Crippen LogP contribution is -2.08. The number of carbonyl (C=O) groups is 1. The zero-order valence-electron chi connectivity index (χ0n) is 7.83. The number of aldehydes is 1. The van der Waals surface area contributed by atoms with E-state index in [2.05, 4.69) is 29.8 Å². The second-order valence-corrected chi connectivity index (χ2v) is 4.28. The Kier molecular flexibility index (Phi) is 3.67. The maximum atomic E-state index is 10.9. The molecule has 1 aromatic rings. The van der Waals surface area contributed by atoms with Gasteiger partial charge in [-0.1, -0.05) is 48.0 Å². The molecule has 0 fully saturated rings. The minimum absolute atomic E-state index is 0.00410. The molecule has 0 N–H and O–H groups in total. The van der Waals surface area contributed by atoms with Crippen molar-refractivity contribution in [2.75, 3.05) is 0 Å². The summed E-state index contributed by atoms with van der Waals surface area (Å²) in [5, 5.41) is 0. The van der Waals surface area contributed by atoms with Crippen LogP contribution in [0.3, 0.4) is 0 Å². The fourth-order valence-electron chi connectivity index (χ4n) is 1.33. The molecule has 0 aliphatic rings. The summed E-state index contributed by atoms with van der Waals surface area (Å²) >= 11 is 3.45. The number of halogens is 1. The molecule has 0 heterocycles. The van der Waals surface area contributed by atoms with Gasteiger partial charge in [0.05, 0.1) is 0 Å². The van der Waals surface area contributed by atoms with Gasteiger partial charge in [-0.3, -0.25) is 0 Å². The van der Waals surface area contributed by atoms with Crippen LogP contribution in [0.4, 0.5) is 0 Å². The van der Waals surface area contributed by atoms with Crippen molar-refractivity contribution in [3.8, 4) is 0 Å². The fourth-order valence-corrected chi connectivity index (χ4v) is 1.88. The van der Waals surface area contributed by atoms with Crippen LogP contribution in [-0.4, -0.2) is 6.29 Å². The molecule has 0 saturated heterocycles. The topological polar surface area (TPSA) is 17.1 Å². The zero-order valence-corrected chi connectivity index (χ0v) is 9.41. The van der Waals surface area contributed by atoms with E-state index in [0.717, 1.165) is 16.3 Å². The van der Waals surface area contributed by atoms with E-state index in [0.29, 0.717) is 5.92 Å². The number of hydrogen-bond donors (Lipinski definition) is 0. The SMILES string of the molecule is CC(C)C(C=O)c1ccccc1Br. The molecular weight excluding hydrogens is 228 g/mol. The van der Waals surface area contributed by atoms with Crippen LogP contribution >= 0.6 is 15.9 Å². The van der Waals surface area contributed by atoms with Crippen LogP contribution in [0.1, 0.15) is 25.3 Å². The molecule has 0 saturated carbocycles. The molecule has 1 atom stereocenters. The minimum atomic E-state index is -0.00410. The molecule has 0 aliphatic carbocycles. The van der Waals surface area contributed by atoms with E-state index in [4.69, 9.17) is 0 Å². The first kappa shape index (κ1) is 10.5. The van der Waals surface area contributed by atoms with Gasteiger partial charge in [-0.25, -0.2) is 0 Å². The molecule has 1 unspecified atom stereocenters. The Balaban J connectivity index is 3.04. The molecule has 0 aromatic heterocycles. The summed E-state index contributed by atoms with van der Waals surface area (Å²) in [6, 6.07) is 7.87. The molecule has 1 nitrogen and oxygen atoms in total. The number of benzene rings is 1. The number of carbonyl (C=O) groups excluding carboxylic acids is 1. The summed E-state index contributed by atoms with van der Waals surface area (Å²) in [5.74, 6) is 0.340. The maximum absolute atomic E-state index is 10.9. The highest BCUT2D eigenvalue weighted by atomic mass is 79.9. The van der Waals surface area contributed by atoms with Crippen molar-refractivity contribution in [3.63, 3.8) is 0 Å². The Morgan fingerprint density at radius 3 is 2.38 bits per heavy atom. The van der Waals surface area contributed by atoms with E-state index in [9.17, 15) is 4.79 Å². The van der Waals surface area contributed by atoms with E-state index in [1.165, 1.54) is 0 Å². The second kappa shape index (κ2) is 4.56. The van der Waals surface area contributed by atoms with Crippen molar-refractivity contribution < 1.29 is 4.79 Å². The van der Waals surface area contributed by atoms with Crippen LogP contribution in [0, 0.1) is 5.92 Å². The lowest BCUT2D eigenvalue weighted by molar-refractivity contribution is -0.109. The third-order valence-electron chi connectivity index (χ3n) is 2.13. The average Bonchev–Trinajstić information content (AvgIpc) is 2.09. The van der Waals surface area contributed by atoms with E-state index < -0.39 is 0 Å². The first-order chi connectivity index (χ1) is 6.16. The van der Waals surface area contributed by atoms with E-state index >= 15 is 0 Å². The standard InChI is InChI=1S/C11H13BrO/c1-8(2)10(7-13)9-5-3-4-6-11(9)12/h3-8,10H,1-2H3. The third-order valence-corrected chi connectivity index (χ3v) is 2.85. The lowest BCUT2D eigenvalue weighted by atomic mass is 9.90. The smallest absolute Gasteiger partial charge is 0.127 e. The van der Waals surface area contributed by atoms with Crippen LogP contribution < -0.4 is 0 Å². The van der Waals surface area contributed by atoms with Crippen LogP contribution in [0.2, 0.25) is 0 Å². The normalized spacial score (nSPS) is 12.9. The van der Waals surface area contributed by atoms with Gasteiger partial charge in [0.2, 0.25) is 0 Å². The molecular formula is C11H13BrO. The quantitative estimate of drug-likeness (QED) is 0.741. The summed E-state index contributed by atoms with van der Waals surface area (Å²) in [5.41, 5.74) is 1.08. The molecule has 70 valence electrons. The Morgan fingerprint density at radius 2 is 1.92 bits per heavy atom. The molecule has 0 bridgehead atoms. The highest BCUT2D eigenvalue weighted by Gasteiger charge is 2.16. The molecule has 1 aromatic carbocycles. The Morgan fingerprint density at radius 1 is 1.31 bits per heavy atom. The Labute approximate surface area is 87.3 Å². The van der Waals surface area contributed by atoms with Crippen LogP contribution in [0.15, 0.2) is 28.7 Å². The van der Waals surface area contributed by atoms with Crippen LogP contribution in [0.25, 0.3) is 0 Å². The second-order valence-electron chi connectivity index (χ2n) is 3.43. The summed E-state index contributed by atoms with van der Waals surface area (Å²) in [6.45, 7) is 4.11. The monoisotopic (exact) mass is 240 g/mol. The van der Waals surface area contributed by atoms with Crippen molar-refractivity contribution in [1.82, 2.24) is 0 Å². The van der Waals surface area contributed by atoms with Crippen LogP contribution in [0.5, 0.6) is 0 Å².